The lowest BCUT2D eigenvalue weighted by molar-refractivity contribution is 0.120. The summed E-state index contributed by atoms with van der Waals surface area (Å²) >= 11 is 0. The number of hydrogen-bond donors (Lipinski definition) is 3. The zero-order valence-electron chi connectivity index (χ0n) is 14.9. The Morgan fingerprint density at radius 1 is 1.30 bits per heavy atom. The van der Waals surface area contributed by atoms with E-state index in [2.05, 4.69) is 36.5 Å². The van der Waals surface area contributed by atoms with Crippen molar-refractivity contribution in [3.8, 4) is 0 Å². The van der Waals surface area contributed by atoms with Gasteiger partial charge in [0.25, 0.3) is 0 Å². The third-order valence-corrected chi connectivity index (χ3v) is 4.67. The summed E-state index contributed by atoms with van der Waals surface area (Å²) in [7, 11) is 1.98. The highest BCUT2D eigenvalue weighted by Crippen LogP contribution is 2.18. The molecule has 6 heteroatoms. The second-order valence-corrected chi connectivity index (χ2v) is 6.43. The van der Waals surface area contributed by atoms with Crippen molar-refractivity contribution >= 4 is 5.96 Å². The first-order chi connectivity index (χ1) is 11.0. The van der Waals surface area contributed by atoms with Crippen molar-refractivity contribution in [2.24, 2.45) is 12.0 Å². The Morgan fingerprint density at radius 2 is 2.00 bits per heavy atom. The van der Waals surface area contributed by atoms with E-state index in [0.29, 0.717) is 6.04 Å². The molecule has 23 heavy (non-hydrogen) atoms. The summed E-state index contributed by atoms with van der Waals surface area (Å²) in [6.45, 7) is 7.85. The molecular formula is C17H31N5O. The van der Waals surface area contributed by atoms with E-state index in [0.717, 1.165) is 56.8 Å². The lowest BCUT2D eigenvalue weighted by Crippen LogP contribution is -2.45. The summed E-state index contributed by atoms with van der Waals surface area (Å²) in [4.78, 5) is 4.71. The quantitative estimate of drug-likeness (QED) is 0.567. The highest BCUT2D eigenvalue weighted by molar-refractivity contribution is 5.80. The number of aliphatic imine (C=N–C) groups is 1. The lowest BCUT2D eigenvalue weighted by atomic mass is 9.93. The molecule has 1 saturated carbocycles. The molecule has 130 valence electrons. The maximum absolute atomic E-state index is 9.60. The van der Waals surface area contributed by atoms with Crippen LogP contribution in [0.4, 0.5) is 0 Å². The minimum Gasteiger partial charge on any atom is -0.393 e. The Morgan fingerprint density at radius 3 is 2.57 bits per heavy atom. The number of rotatable bonds is 5. The molecule has 0 unspecified atom stereocenters. The van der Waals surface area contributed by atoms with Crippen LogP contribution < -0.4 is 10.6 Å². The third kappa shape index (κ3) is 4.96. The van der Waals surface area contributed by atoms with Gasteiger partial charge in [0, 0.05) is 31.9 Å². The first-order valence-electron chi connectivity index (χ1n) is 8.73. The number of hydrogen-bond acceptors (Lipinski definition) is 3. The van der Waals surface area contributed by atoms with Gasteiger partial charge in [-0.25, -0.2) is 0 Å². The number of guanidine groups is 1. The van der Waals surface area contributed by atoms with E-state index in [4.69, 9.17) is 4.99 Å². The van der Waals surface area contributed by atoms with Crippen LogP contribution in [-0.4, -0.2) is 46.1 Å². The molecule has 1 aliphatic carbocycles. The van der Waals surface area contributed by atoms with Crippen molar-refractivity contribution in [3.05, 3.63) is 17.0 Å². The molecule has 2 rings (SSSR count). The lowest BCUT2D eigenvalue weighted by Gasteiger charge is -2.27. The van der Waals surface area contributed by atoms with Gasteiger partial charge in [-0.2, -0.15) is 5.10 Å². The monoisotopic (exact) mass is 321 g/mol. The number of nitrogens with one attached hydrogen (secondary N) is 2. The first kappa shape index (κ1) is 17.8. The Kier molecular flexibility index (Phi) is 6.45. The third-order valence-electron chi connectivity index (χ3n) is 4.67. The van der Waals surface area contributed by atoms with Crippen LogP contribution in [0.1, 0.15) is 49.6 Å². The Labute approximate surface area is 139 Å². The predicted octanol–water partition coefficient (Wildman–Crippen LogP) is 1.44. The van der Waals surface area contributed by atoms with Gasteiger partial charge in [0.1, 0.15) is 0 Å². The molecule has 0 bridgehead atoms. The SMILES string of the molecule is CCNC(=NCCc1c(C)nn(C)c1C)NC1CCC(O)CC1. The standard InChI is InChI=1S/C17H31N5O/c1-5-18-17(20-14-6-8-15(23)9-7-14)19-11-10-16-12(2)21-22(4)13(16)3/h14-15,23H,5-11H2,1-4H3,(H2,18,19,20). The number of aryl methyl sites for hydroxylation is 2. The molecular weight excluding hydrogens is 290 g/mol. The van der Waals surface area contributed by atoms with Gasteiger partial charge in [-0.05, 0) is 58.4 Å². The average Bonchev–Trinajstić information content (AvgIpc) is 2.76. The molecule has 1 aromatic heterocycles. The molecule has 1 fully saturated rings. The molecule has 1 aromatic rings. The Hall–Kier alpha value is -1.56. The number of aliphatic hydroxyl groups excluding tert-OH is 1. The summed E-state index contributed by atoms with van der Waals surface area (Å²) in [5, 5.41) is 20.9. The largest absolute Gasteiger partial charge is 0.393 e. The molecule has 0 aromatic carbocycles. The van der Waals surface area contributed by atoms with Crippen molar-refractivity contribution in [1.82, 2.24) is 20.4 Å². The van der Waals surface area contributed by atoms with Gasteiger partial charge in [0.2, 0.25) is 0 Å². The summed E-state index contributed by atoms with van der Waals surface area (Å²) in [5.41, 5.74) is 3.62. The van der Waals surface area contributed by atoms with Gasteiger partial charge >= 0.3 is 0 Å². The van der Waals surface area contributed by atoms with Crippen molar-refractivity contribution in [2.75, 3.05) is 13.1 Å². The topological polar surface area (TPSA) is 74.5 Å². The van der Waals surface area contributed by atoms with Crippen LogP contribution in [0.15, 0.2) is 4.99 Å². The Bertz CT molecular complexity index is 529. The van der Waals surface area contributed by atoms with E-state index >= 15 is 0 Å². The second kappa shape index (κ2) is 8.34. The van der Waals surface area contributed by atoms with Crippen LogP contribution >= 0.6 is 0 Å². The van der Waals surface area contributed by atoms with E-state index in [-0.39, 0.29) is 6.10 Å². The molecule has 0 saturated heterocycles. The van der Waals surface area contributed by atoms with Gasteiger partial charge < -0.3 is 15.7 Å². The molecule has 1 aliphatic rings. The van der Waals surface area contributed by atoms with Gasteiger partial charge in [-0.15, -0.1) is 0 Å². The van der Waals surface area contributed by atoms with Gasteiger partial charge in [0.05, 0.1) is 11.8 Å². The molecule has 0 radical (unpaired) electrons. The van der Waals surface area contributed by atoms with Gasteiger partial charge in [0.15, 0.2) is 5.96 Å². The highest BCUT2D eigenvalue weighted by Gasteiger charge is 2.20. The number of nitrogens with zero attached hydrogens (tertiary/aromatic N) is 3. The molecule has 0 atom stereocenters. The summed E-state index contributed by atoms with van der Waals surface area (Å²) < 4.78 is 1.94. The van der Waals surface area contributed by atoms with Crippen LogP contribution in [-0.2, 0) is 13.5 Å². The number of aliphatic hydroxyl groups is 1. The maximum atomic E-state index is 9.60. The highest BCUT2D eigenvalue weighted by atomic mass is 16.3. The predicted molar refractivity (Wildman–Crippen MR) is 93.8 cm³/mol. The smallest absolute Gasteiger partial charge is 0.191 e. The zero-order valence-corrected chi connectivity index (χ0v) is 14.9. The van der Waals surface area contributed by atoms with Gasteiger partial charge in [-0.1, -0.05) is 0 Å². The molecule has 0 spiro atoms. The fraction of sp³-hybridized carbons (Fsp3) is 0.765. The van der Waals surface area contributed by atoms with Crippen LogP contribution in [0, 0.1) is 13.8 Å². The molecule has 0 aliphatic heterocycles. The minimum atomic E-state index is -0.121. The van der Waals surface area contributed by atoms with Gasteiger partial charge in [-0.3, -0.25) is 9.67 Å². The first-order valence-corrected chi connectivity index (χ1v) is 8.73. The number of aromatic nitrogens is 2. The van der Waals surface area contributed by atoms with E-state index in [1.807, 2.05) is 11.7 Å². The maximum Gasteiger partial charge on any atom is 0.191 e. The zero-order chi connectivity index (χ0) is 16.8. The fourth-order valence-corrected chi connectivity index (χ4v) is 3.19. The average molecular weight is 321 g/mol. The summed E-state index contributed by atoms with van der Waals surface area (Å²) in [6.07, 6.45) is 4.56. The van der Waals surface area contributed by atoms with Crippen LogP contribution in [0.2, 0.25) is 0 Å². The molecule has 6 nitrogen and oxygen atoms in total. The summed E-state index contributed by atoms with van der Waals surface area (Å²) in [6, 6.07) is 0.415. The van der Waals surface area contributed by atoms with Crippen molar-refractivity contribution < 1.29 is 5.11 Å². The van der Waals surface area contributed by atoms with Crippen LogP contribution in [0.5, 0.6) is 0 Å². The Balaban J connectivity index is 1.90. The molecule has 0 amide bonds. The van der Waals surface area contributed by atoms with Crippen molar-refractivity contribution in [1.29, 1.82) is 0 Å². The molecule has 1 heterocycles. The van der Waals surface area contributed by atoms with E-state index in [1.165, 1.54) is 11.3 Å². The van der Waals surface area contributed by atoms with E-state index < -0.39 is 0 Å². The van der Waals surface area contributed by atoms with E-state index in [9.17, 15) is 5.11 Å². The van der Waals surface area contributed by atoms with E-state index in [1.54, 1.807) is 0 Å². The minimum absolute atomic E-state index is 0.121. The summed E-state index contributed by atoms with van der Waals surface area (Å²) in [5.74, 6) is 0.882. The van der Waals surface area contributed by atoms with Crippen LogP contribution in [0.25, 0.3) is 0 Å². The van der Waals surface area contributed by atoms with Crippen molar-refractivity contribution in [3.63, 3.8) is 0 Å². The van der Waals surface area contributed by atoms with Crippen LogP contribution in [0.3, 0.4) is 0 Å². The van der Waals surface area contributed by atoms with Crippen molar-refractivity contribution in [2.45, 2.75) is 65.0 Å². The second-order valence-electron chi connectivity index (χ2n) is 6.43. The normalized spacial score (nSPS) is 22.2. The fourth-order valence-electron chi connectivity index (χ4n) is 3.19. The molecule has 3 N–H and O–H groups in total.